The lowest BCUT2D eigenvalue weighted by Crippen LogP contribution is -2.54. The molecule has 8 heteroatoms. The molecule has 0 unspecified atom stereocenters. The number of aromatic nitrogens is 1. The largest absolute Gasteiger partial charge is 0.357 e. The summed E-state index contributed by atoms with van der Waals surface area (Å²) in [6.45, 7) is 8.47. The maximum Gasteiger partial charge on any atom is 0.227 e. The Kier molecular flexibility index (Phi) is 7.28. The summed E-state index contributed by atoms with van der Waals surface area (Å²) in [7, 11) is 0. The normalized spacial score (nSPS) is 15.0. The Labute approximate surface area is 175 Å². The number of halogens is 1. The van der Waals surface area contributed by atoms with E-state index >= 15 is 0 Å². The fourth-order valence-electron chi connectivity index (χ4n) is 3.15. The number of piperazine rings is 1. The van der Waals surface area contributed by atoms with Gasteiger partial charge in [-0.15, -0.1) is 11.3 Å². The predicted octanol–water partition coefficient (Wildman–Crippen LogP) is 2.96. The van der Waals surface area contributed by atoms with Gasteiger partial charge < -0.3 is 15.1 Å². The number of rotatable bonds is 5. The first kappa shape index (κ1) is 20.6. The third-order valence-electron chi connectivity index (χ3n) is 4.73. The van der Waals surface area contributed by atoms with Crippen molar-refractivity contribution in [3.05, 3.63) is 50.9 Å². The Balaban J connectivity index is 1.56. The highest BCUT2D eigenvalue weighted by molar-refractivity contribution is 7.09. The Morgan fingerprint density at radius 1 is 1.29 bits per heavy atom. The van der Waals surface area contributed by atoms with Crippen molar-refractivity contribution in [2.24, 2.45) is 4.99 Å². The molecule has 6 nitrogen and oxygen atoms in total. The van der Waals surface area contributed by atoms with Crippen LogP contribution in [-0.4, -0.2) is 59.4 Å². The first-order valence-electron chi connectivity index (χ1n) is 9.51. The van der Waals surface area contributed by atoms with Crippen LogP contribution in [0.2, 0.25) is 5.02 Å². The average molecular weight is 420 g/mol. The topological polar surface area (TPSA) is 60.8 Å². The van der Waals surface area contributed by atoms with Crippen LogP contribution < -0.4 is 5.32 Å². The van der Waals surface area contributed by atoms with Gasteiger partial charge in [0.2, 0.25) is 5.91 Å². The minimum absolute atomic E-state index is 0.143. The molecule has 0 bridgehead atoms. The van der Waals surface area contributed by atoms with Gasteiger partial charge in [-0.1, -0.05) is 23.7 Å². The van der Waals surface area contributed by atoms with E-state index in [1.807, 2.05) is 41.6 Å². The van der Waals surface area contributed by atoms with Gasteiger partial charge >= 0.3 is 0 Å². The minimum Gasteiger partial charge on any atom is -0.357 e. The summed E-state index contributed by atoms with van der Waals surface area (Å²) in [5, 5.41) is 4.03. The van der Waals surface area contributed by atoms with Crippen molar-refractivity contribution < 1.29 is 4.79 Å². The summed E-state index contributed by atoms with van der Waals surface area (Å²) < 4.78 is 0. The third kappa shape index (κ3) is 5.45. The quantitative estimate of drug-likeness (QED) is 0.598. The van der Waals surface area contributed by atoms with E-state index < -0.39 is 0 Å². The van der Waals surface area contributed by atoms with E-state index in [2.05, 4.69) is 22.1 Å². The van der Waals surface area contributed by atoms with Crippen LogP contribution in [0.1, 0.15) is 23.1 Å². The molecular weight excluding hydrogens is 394 g/mol. The van der Waals surface area contributed by atoms with Gasteiger partial charge in [0.15, 0.2) is 5.96 Å². The second-order valence-electron chi connectivity index (χ2n) is 6.71. The highest BCUT2D eigenvalue weighted by Crippen LogP contribution is 2.15. The summed E-state index contributed by atoms with van der Waals surface area (Å²) >= 11 is 7.65. The number of amides is 1. The Bertz CT molecular complexity index is 830. The Morgan fingerprint density at radius 2 is 2.04 bits per heavy atom. The number of aryl methyl sites for hydroxylation is 1. The lowest BCUT2D eigenvalue weighted by molar-refractivity contribution is -0.131. The first-order chi connectivity index (χ1) is 13.6. The van der Waals surface area contributed by atoms with Gasteiger partial charge in [0, 0.05) is 42.6 Å². The van der Waals surface area contributed by atoms with Crippen molar-refractivity contribution in [3.8, 4) is 0 Å². The molecule has 1 aliphatic rings. The van der Waals surface area contributed by atoms with E-state index in [9.17, 15) is 4.79 Å². The molecule has 150 valence electrons. The molecule has 28 heavy (non-hydrogen) atoms. The van der Waals surface area contributed by atoms with Gasteiger partial charge in [-0.25, -0.2) is 9.98 Å². The SMILES string of the molecule is CCNC(=NCc1scnc1C)N1CCN(C(=O)Cc2cccc(Cl)c2)CC1. The van der Waals surface area contributed by atoms with Crippen LogP contribution >= 0.6 is 22.9 Å². The molecule has 0 aliphatic carbocycles. The molecule has 0 radical (unpaired) electrons. The lowest BCUT2D eigenvalue weighted by Gasteiger charge is -2.36. The predicted molar refractivity (Wildman–Crippen MR) is 115 cm³/mol. The van der Waals surface area contributed by atoms with Crippen LogP contribution in [0.3, 0.4) is 0 Å². The summed E-state index contributed by atoms with van der Waals surface area (Å²) in [5.41, 5.74) is 3.85. The lowest BCUT2D eigenvalue weighted by atomic mass is 10.1. The first-order valence-corrected chi connectivity index (χ1v) is 10.8. The summed E-state index contributed by atoms with van der Waals surface area (Å²) in [6, 6.07) is 7.50. The number of nitrogens with zero attached hydrogens (tertiary/aromatic N) is 4. The zero-order chi connectivity index (χ0) is 19.9. The zero-order valence-electron chi connectivity index (χ0n) is 16.3. The van der Waals surface area contributed by atoms with Gasteiger partial charge in [-0.05, 0) is 31.5 Å². The second kappa shape index (κ2) is 9.89. The van der Waals surface area contributed by atoms with Crippen LogP contribution in [0.15, 0.2) is 34.8 Å². The average Bonchev–Trinajstić information content (AvgIpc) is 3.10. The fourth-order valence-corrected chi connectivity index (χ4v) is 4.06. The summed E-state index contributed by atoms with van der Waals surface area (Å²) in [5.74, 6) is 1.04. The number of hydrogen-bond donors (Lipinski definition) is 1. The van der Waals surface area contributed by atoms with Crippen LogP contribution in [0.25, 0.3) is 0 Å². The van der Waals surface area contributed by atoms with Crippen molar-refractivity contribution in [1.82, 2.24) is 20.1 Å². The van der Waals surface area contributed by atoms with Crippen LogP contribution in [0.5, 0.6) is 0 Å². The highest BCUT2D eigenvalue weighted by atomic mass is 35.5. The van der Waals surface area contributed by atoms with Gasteiger partial charge in [0.1, 0.15) is 0 Å². The number of hydrogen-bond acceptors (Lipinski definition) is 4. The van der Waals surface area contributed by atoms with Gasteiger partial charge in [-0.3, -0.25) is 4.79 Å². The molecular formula is C20H26ClN5OS. The minimum atomic E-state index is 0.143. The summed E-state index contributed by atoms with van der Waals surface area (Å²) in [4.78, 5) is 27.0. The van der Waals surface area contributed by atoms with Crippen molar-refractivity contribution in [2.75, 3.05) is 32.7 Å². The zero-order valence-corrected chi connectivity index (χ0v) is 17.9. The number of thiazole rings is 1. The van der Waals surface area contributed by atoms with Crippen LogP contribution in [0, 0.1) is 6.92 Å². The molecule has 1 aliphatic heterocycles. The van der Waals surface area contributed by atoms with E-state index in [0.29, 0.717) is 31.1 Å². The molecule has 1 fully saturated rings. The summed E-state index contributed by atoms with van der Waals surface area (Å²) in [6.07, 6.45) is 0.388. The van der Waals surface area contributed by atoms with Gasteiger partial charge in [-0.2, -0.15) is 0 Å². The number of aliphatic imine (C=N–C) groups is 1. The molecule has 2 heterocycles. The standard InChI is InChI=1S/C20H26ClN5OS/c1-3-22-20(23-13-18-15(2)24-14-28-18)26-9-7-25(8-10-26)19(27)12-16-5-4-6-17(21)11-16/h4-6,11,14H,3,7-10,12-13H2,1-2H3,(H,22,23). The molecule has 0 atom stereocenters. The van der Waals surface area contributed by atoms with E-state index in [1.54, 1.807) is 11.3 Å². The molecule has 1 saturated heterocycles. The van der Waals surface area contributed by atoms with Crippen molar-refractivity contribution in [2.45, 2.75) is 26.8 Å². The van der Waals surface area contributed by atoms with Gasteiger partial charge in [0.25, 0.3) is 0 Å². The number of benzene rings is 1. The van der Waals surface area contributed by atoms with E-state index in [4.69, 9.17) is 16.6 Å². The van der Waals surface area contributed by atoms with Crippen molar-refractivity contribution in [1.29, 1.82) is 0 Å². The molecule has 3 rings (SSSR count). The molecule has 0 spiro atoms. The molecule has 1 aromatic carbocycles. The number of carbonyl (C=O) groups excluding carboxylic acids is 1. The number of carbonyl (C=O) groups is 1. The van der Waals surface area contributed by atoms with E-state index in [-0.39, 0.29) is 5.91 Å². The second-order valence-corrected chi connectivity index (χ2v) is 8.08. The van der Waals surface area contributed by atoms with Gasteiger partial charge in [0.05, 0.1) is 24.2 Å². The fraction of sp³-hybridized carbons (Fsp3) is 0.450. The van der Waals surface area contributed by atoms with E-state index in [0.717, 1.165) is 36.9 Å². The van der Waals surface area contributed by atoms with E-state index in [1.165, 1.54) is 4.88 Å². The maximum absolute atomic E-state index is 12.6. The smallest absolute Gasteiger partial charge is 0.227 e. The van der Waals surface area contributed by atoms with Crippen LogP contribution in [0.4, 0.5) is 0 Å². The molecule has 1 aromatic heterocycles. The molecule has 1 amide bonds. The maximum atomic E-state index is 12.6. The number of guanidine groups is 1. The highest BCUT2D eigenvalue weighted by Gasteiger charge is 2.23. The van der Waals surface area contributed by atoms with Crippen molar-refractivity contribution in [3.63, 3.8) is 0 Å². The number of nitrogens with one attached hydrogen (secondary N) is 1. The molecule has 2 aromatic rings. The Hall–Kier alpha value is -2.12. The Morgan fingerprint density at radius 3 is 2.68 bits per heavy atom. The molecule has 0 saturated carbocycles. The molecule has 1 N–H and O–H groups in total. The monoisotopic (exact) mass is 419 g/mol. The third-order valence-corrected chi connectivity index (χ3v) is 5.88. The van der Waals surface area contributed by atoms with Crippen molar-refractivity contribution >= 4 is 34.8 Å². The van der Waals surface area contributed by atoms with Crippen LogP contribution in [-0.2, 0) is 17.8 Å².